The molecular formula is C17H18N4. The standard InChI is InChI=1S/C17H18N4/c1-17(21-10-9-19-14-21,11-15-5-4-7-18-13-15)12-16-6-2-3-8-20-16/h2-10,13-14H,11-12H2,1H3. The summed E-state index contributed by atoms with van der Waals surface area (Å²) in [5, 5.41) is 0. The highest BCUT2D eigenvalue weighted by atomic mass is 15.1. The maximum atomic E-state index is 4.47. The highest BCUT2D eigenvalue weighted by Gasteiger charge is 2.27. The zero-order chi connectivity index (χ0) is 14.5. The minimum atomic E-state index is -0.117. The van der Waals surface area contributed by atoms with Crippen LogP contribution in [0.4, 0.5) is 0 Å². The van der Waals surface area contributed by atoms with E-state index in [9.17, 15) is 0 Å². The molecule has 0 spiro atoms. The monoisotopic (exact) mass is 278 g/mol. The third-order valence-electron chi connectivity index (χ3n) is 3.72. The van der Waals surface area contributed by atoms with Gasteiger partial charge in [-0.25, -0.2) is 4.98 Å². The average Bonchev–Trinajstić information content (AvgIpc) is 3.04. The van der Waals surface area contributed by atoms with Gasteiger partial charge in [-0.2, -0.15) is 0 Å². The molecule has 4 nitrogen and oxygen atoms in total. The quantitative estimate of drug-likeness (QED) is 0.721. The molecule has 0 aliphatic carbocycles. The van der Waals surface area contributed by atoms with E-state index in [-0.39, 0.29) is 5.54 Å². The Kier molecular flexibility index (Phi) is 3.77. The Morgan fingerprint density at radius 1 is 1.00 bits per heavy atom. The largest absolute Gasteiger partial charge is 0.331 e. The summed E-state index contributed by atoms with van der Waals surface area (Å²) >= 11 is 0. The number of hydrogen-bond acceptors (Lipinski definition) is 3. The van der Waals surface area contributed by atoms with Gasteiger partial charge in [-0.1, -0.05) is 12.1 Å². The summed E-state index contributed by atoms with van der Waals surface area (Å²) in [6, 6.07) is 10.1. The van der Waals surface area contributed by atoms with Crippen LogP contribution in [-0.4, -0.2) is 19.5 Å². The fourth-order valence-corrected chi connectivity index (χ4v) is 2.66. The molecule has 0 saturated heterocycles. The van der Waals surface area contributed by atoms with E-state index in [1.54, 1.807) is 6.20 Å². The molecule has 3 heterocycles. The number of pyridine rings is 2. The molecule has 106 valence electrons. The highest BCUT2D eigenvalue weighted by molar-refractivity contribution is 5.15. The lowest BCUT2D eigenvalue weighted by atomic mass is 9.88. The molecule has 0 aromatic carbocycles. The summed E-state index contributed by atoms with van der Waals surface area (Å²) in [6.45, 7) is 2.23. The van der Waals surface area contributed by atoms with E-state index in [1.165, 1.54) is 5.56 Å². The number of nitrogens with zero attached hydrogens (tertiary/aromatic N) is 4. The molecule has 4 heteroatoms. The molecule has 1 unspecified atom stereocenters. The molecule has 0 saturated carbocycles. The van der Waals surface area contributed by atoms with Crippen molar-refractivity contribution in [1.29, 1.82) is 0 Å². The van der Waals surface area contributed by atoms with Crippen LogP contribution in [0, 0.1) is 0 Å². The Morgan fingerprint density at radius 3 is 2.62 bits per heavy atom. The highest BCUT2D eigenvalue weighted by Crippen LogP contribution is 2.25. The summed E-state index contributed by atoms with van der Waals surface area (Å²) in [7, 11) is 0. The van der Waals surface area contributed by atoms with Gasteiger partial charge in [-0.05, 0) is 37.1 Å². The van der Waals surface area contributed by atoms with Crippen LogP contribution in [0.3, 0.4) is 0 Å². The Morgan fingerprint density at radius 2 is 1.95 bits per heavy atom. The van der Waals surface area contributed by atoms with Gasteiger partial charge in [-0.15, -0.1) is 0 Å². The minimum Gasteiger partial charge on any atom is -0.331 e. The molecule has 0 aliphatic rings. The SMILES string of the molecule is CC(Cc1cccnc1)(Cc1ccccn1)n1ccnc1. The van der Waals surface area contributed by atoms with E-state index in [4.69, 9.17) is 0 Å². The van der Waals surface area contributed by atoms with Gasteiger partial charge in [0.15, 0.2) is 0 Å². The first kappa shape index (κ1) is 13.5. The lowest BCUT2D eigenvalue weighted by molar-refractivity contribution is 0.309. The van der Waals surface area contributed by atoms with E-state index in [1.807, 2.05) is 49.3 Å². The van der Waals surface area contributed by atoms with Gasteiger partial charge < -0.3 is 4.57 Å². The summed E-state index contributed by atoms with van der Waals surface area (Å²) in [5.74, 6) is 0. The lowest BCUT2D eigenvalue weighted by Crippen LogP contribution is -2.34. The van der Waals surface area contributed by atoms with Crippen molar-refractivity contribution in [3.05, 3.63) is 78.9 Å². The molecule has 0 bridgehead atoms. The van der Waals surface area contributed by atoms with Crippen molar-refractivity contribution in [3.63, 3.8) is 0 Å². The molecule has 0 radical (unpaired) electrons. The zero-order valence-electron chi connectivity index (χ0n) is 12.1. The fraction of sp³-hybridized carbons (Fsp3) is 0.235. The first-order valence-electron chi connectivity index (χ1n) is 7.03. The van der Waals surface area contributed by atoms with Crippen LogP contribution in [0.5, 0.6) is 0 Å². The third kappa shape index (κ3) is 3.16. The van der Waals surface area contributed by atoms with Gasteiger partial charge >= 0.3 is 0 Å². The first-order chi connectivity index (χ1) is 10.3. The summed E-state index contributed by atoms with van der Waals surface area (Å²) in [4.78, 5) is 12.9. The second kappa shape index (κ2) is 5.87. The summed E-state index contributed by atoms with van der Waals surface area (Å²) in [5.41, 5.74) is 2.18. The maximum absolute atomic E-state index is 4.47. The molecule has 0 aliphatic heterocycles. The van der Waals surface area contributed by atoms with Gasteiger partial charge in [0.05, 0.1) is 11.9 Å². The molecule has 0 fully saturated rings. The van der Waals surface area contributed by atoms with Crippen molar-refractivity contribution in [2.24, 2.45) is 0 Å². The van der Waals surface area contributed by atoms with Crippen LogP contribution < -0.4 is 0 Å². The molecule has 3 aromatic heterocycles. The molecule has 1 atom stereocenters. The molecule has 0 N–H and O–H groups in total. The average molecular weight is 278 g/mol. The number of aromatic nitrogens is 4. The van der Waals surface area contributed by atoms with E-state index >= 15 is 0 Å². The van der Waals surface area contributed by atoms with E-state index in [0.29, 0.717) is 0 Å². The van der Waals surface area contributed by atoms with Crippen LogP contribution in [0.1, 0.15) is 18.2 Å². The second-order valence-electron chi connectivity index (χ2n) is 5.50. The normalized spacial score (nSPS) is 13.8. The topological polar surface area (TPSA) is 43.6 Å². The molecular weight excluding hydrogens is 260 g/mol. The smallest absolute Gasteiger partial charge is 0.0951 e. The molecule has 3 aromatic rings. The van der Waals surface area contributed by atoms with Crippen molar-refractivity contribution < 1.29 is 0 Å². The second-order valence-corrected chi connectivity index (χ2v) is 5.50. The summed E-state index contributed by atoms with van der Waals surface area (Å²) in [6.07, 6.45) is 13.0. The van der Waals surface area contributed by atoms with Gasteiger partial charge in [0, 0.05) is 43.1 Å². The van der Waals surface area contributed by atoms with Crippen molar-refractivity contribution in [3.8, 4) is 0 Å². The Bertz CT molecular complexity index is 621. The van der Waals surface area contributed by atoms with Crippen LogP contribution >= 0.6 is 0 Å². The van der Waals surface area contributed by atoms with Crippen molar-refractivity contribution in [1.82, 2.24) is 19.5 Å². The van der Waals surface area contributed by atoms with Crippen molar-refractivity contribution in [2.45, 2.75) is 25.3 Å². The van der Waals surface area contributed by atoms with Crippen LogP contribution in [0.25, 0.3) is 0 Å². The zero-order valence-corrected chi connectivity index (χ0v) is 12.1. The van der Waals surface area contributed by atoms with Crippen LogP contribution in [-0.2, 0) is 18.4 Å². The van der Waals surface area contributed by atoms with E-state index in [2.05, 4.69) is 38.6 Å². The Balaban J connectivity index is 1.92. The van der Waals surface area contributed by atoms with E-state index < -0.39 is 0 Å². The number of imidazole rings is 1. The first-order valence-corrected chi connectivity index (χ1v) is 7.03. The maximum Gasteiger partial charge on any atom is 0.0951 e. The van der Waals surface area contributed by atoms with Crippen molar-refractivity contribution in [2.75, 3.05) is 0 Å². The van der Waals surface area contributed by atoms with E-state index in [0.717, 1.165) is 18.5 Å². The predicted octanol–water partition coefficient (Wildman–Crippen LogP) is 2.87. The lowest BCUT2D eigenvalue weighted by Gasteiger charge is -2.31. The molecule has 21 heavy (non-hydrogen) atoms. The van der Waals surface area contributed by atoms with Crippen LogP contribution in [0.2, 0.25) is 0 Å². The minimum absolute atomic E-state index is 0.117. The van der Waals surface area contributed by atoms with Gasteiger partial charge in [-0.3, -0.25) is 9.97 Å². The third-order valence-corrected chi connectivity index (χ3v) is 3.72. The Hall–Kier alpha value is -2.49. The van der Waals surface area contributed by atoms with Gasteiger partial charge in [0.25, 0.3) is 0 Å². The number of hydrogen-bond donors (Lipinski definition) is 0. The van der Waals surface area contributed by atoms with Gasteiger partial charge in [0.1, 0.15) is 0 Å². The predicted molar refractivity (Wildman–Crippen MR) is 81.8 cm³/mol. The van der Waals surface area contributed by atoms with Crippen LogP contribution in [0.15, 0.2) is 67.6 Å². The summed E-state index contributed by atoms with van der Waals surface area (Å²) < 4.78 is 2.16. The molecule has 3 rings (SSSR count). The fourth-order valence-electron chi connectivity index (χ4n) is 2.66. The Labute approximate surface area is 124 Å². The number of rotatable bonds is 5. The van der Waals surface area contributed by atoms with Crippen molar-refractivity contribution >= 4 is 0 Å². The van der Waals surface area contributed by atoms with Gasteiger partial charge in [0.2, 0.25) is 0 Å². The molecule has 0 amide bonds.